The number of hydrogen-bond acceptors (Lipinski definition) is 4. The third-order valence-electron chi connectivity index (χ3n) is 6.18. The molecule has 2 aliphatic heterocycles. The van der Waals surface area contributed by atoms with Crippen LogP contribution >= 0.6 is 0 Å². The normalized spacial score (nSPS) is 23.5. The van der Waals surface area contributed by atoms with Gasteiger partial charge in [-0.2, -0.15) is 0 Å². The van der Waals surface area contributed by atoms with Crippen molar-refractivity contribution in [2.75, 3.05) is 39.4 Å². The lowest BCUT2D eigenvalue weighted by Gasteiger charge is -2.43. The second-order valence-electron chi connectivity index (χ2n) is 7.74. The van der Waals surface area contributed by atoms with Crippen molar-refractivity contribution in [1.29, 1.82) is 0 Å². The average molecular weight is 351 g/mol. The molecule has 6 nitrogen and oxygen atoms in total. The molecule has 0 bridgehead atoms. The first-order valence-electron chi connectivity index (χ1n) is 10.0. The van der Waals surface area contributed by atoms with E-state index in [9.17, 15) is 9.59 Å². The van der Waals surface area contributed by atoms with Crippen LogP contribution in [0.4, 0.5) is 0 Å². The molecule has 25 heavy (non-hydrogen) atoms. The molecule has 0 spiro atoms. The first-order chi connectivity index (χ1) is 12.1. The zero-order chi connectivity index (χ0) is 17.6. The van der Waals surface area contributed by atoms with Crippen molar-refractivity contribution in [3.05, 3.63) is 0 Å². The molecule has 2 saturated heterocycles. The van der Waals surface area contributed by atoms with E-state index in [1.807, 2.05) is 4.90 Å². The number of nitrogens with one attached hydrogen (secondary N) is 1. The molecule has 0 aromatic heterocycles. The smallest absolute Gasteiger partial charge is 0.223 e. The van der Waals surface area contributed by atoms with Crippen molar-refractivity contribution in [3.8, 4) is 0 Å². The minimum atomic E-state index is 0.184. The average Bonchev–Trinajstić information content (AvgIpc) is 2.58. The van der Waals surface area contributed by atoms with Crippen LogP contribution in [0.3, 0.4) is 0 Å². The highest BCUT2D eigenvalue weighted by Gasteiger charge is 2.31. The zero-order valence-electron chi connectivity index (χ0n) is 15.5. The summed E-state index contributed by atoms with van der Waals surface area (Å²) in [7, 11) is 0. The second kappa shape index (κ2) is 8.99. The standard InChI is InChI=1S/C19H33N3O3/c1-15(23)21-10-5-17(6-11-21)22(18-7-13-25-14-8-18)12-9-20-19(24)16-3-2-4-16/h16-18H,2-14H2,1H3,(H,20,24). The summed E-state index contributed by atoms with van der Waals surface area (Å²) in [5.74, 6) is 0.684. The fourth-order valence-electron chi connectivity index (χ4n) is 4.32. The molecule has 2 amide bonds. The molecule has 1 saturated carbocycles. The topological polar surface area (TPSA) is 61.9 Å². The lowest BCUT2D eigenvalue weighted by atomic mass is 9.85. The van der Waals surface area contributed by atoms with Crippen molar-refractivity contribution >= 4 is 11.8 Å². The van der Waals surface area contributed by atoms with Gasteiger partial charge in [0, 0.05) is 64.3 Å². The summed E-state index contributed by atoms with van der Waals surface area (Å²) < 4.78 is 5.53. The van der Waals surface area contributed by atoms with E-state index in [4.69, 9.17) is 4.74 Å². The lowest BCUT2D eigenvalue weighted by molar-refractivity contribution is -0.131. The summed E-state index contributed by atoms with van der Waals surface area (Å²) in [6.07, 6.45) is 7.52. The summed E-state index contributed by atoms with van der Waals surface area (Å²) in [6.45, 7) is 6.69. The third-order valence-corrected chi connectivity index (χ3v) is 6.18. The van der Waals surface area contributed by atoms with Crippen molar-refractivity contribution < 1.29 is 14.3 Å². The molecule has 142 valence electrons. The van der Waals surface area contributed by atoms with Gasteiger partial charge in [-0.1, -0.05) is 6.42 Å². The number of piperidine rings is 1. The van der Waals surface area contributed by atoms with Crippen LogP contribution in [0.1, 0.15) is 51.9 Å². The maximum Gasteiger partial charge on any atom is 0.223 e. The van der Waals surface area contributed by atoms with E-state index in [-0.39, 0.29) is 17.7 Å². The highest BCUT2D eigenvalue weighted by molar-refractivity contribution is 5.79. The molecule has 3 aliphatic rings. The van der Waals surface area contributed by atoms with Crippen LogP contribution in [0.15, 0.2) is 0 Å². The van der Waals surface area contributed by atoms with E-state index in [1.54, 1.807) is 6.92 Å². The van der Waals surface area contributed by atoms with Crippen LogP contribution in [0.2, 0.25) is 0 Å². The third kappa shape index (κ3) is 4.94. The largest absolute Gasteiger partial charge is 0.381 e. The number of carbonyl (C=O) groups is 2. The van der Waals surface area contributed by atoms with Gasteiger partial charge in [-0.25, -0.2) is 0 Å². The number of amides is 2. The Kier molecular flexibility index (Phi) is 6.70. The fourth-order valence-corrected chi connectivity index (χ4v) is 4.32. The maximum absolute atomic E-state index is 12.1. The Morgan fingerprint density at radius 3 is 2.24 bits per heavy atom. The maximum atomic E-state index is 12.1. The lowest BCUT2D eigenvalue weighted by Crippen LogP contribution is -2.53. The molecule has 0 aromatic carbocycles. The van der Waals surface area contributed by atoms with Crippen LogP contribution in [0.25, 0.3) is 0 Å². The van der Waals surface area contributed by atoms with E-state index in [0.29, 0.717) is 12.1 Å². The SMILES string of the molecule is CC(=O)N1CCC(N(CCNC(=O)C2CCC2)C2CCOCC2)CC1. The number of carbonyl (C=O) groups excluding carboxylic acids is 2. The molecule has 0 radical (unpaired) electrons. The summed E-state index contributed by atoms with van der Waals surface area (Å²) in [4.78, 5) is 28.2. The van der Waals surface area contributed by atoms with E-state index >= 15 is 0 Å². The molecule has 1 aliphatic carbocycles. The Labute approximate surface area is 151 Å². The van der Waals surface area contributed by atoms with Gasteiger partial charge in [0.2, 0.25) is 11.8 Å². The molecule has 3 rings (SSSR count). The van der Waals surface area contributed by atoms with E-state index < -0.39 is 0 Å². The predicted octanol–water partition coefficient (Wildman–Crippen LogP) is 1.39. The Hall–Kier alpha value is -1.14. The van der Waals surface area contributed by atoms with Gasteiger partial charge in [0.15, 0.2) is 0 Å². The summed E-state index contributed by atoms with van der Waals surface area (Å²) >= 11 is 0. The number of ether oxygens (including phenoxy) is 1. The first kappa shape index (κ1) is 18.6. The molecule has 0 unspecified atom stereocenters. The number of hydrogen-bond donors (Lipinski definition) is 1. The van der Waals surface area contributed by atoms with E-state index in [1.165, 1.54) is 6.42 Å². The minimum Gasteiger partial charge on any atom is -0.381 e. The van der Waals surface area contributed by atoms with Gasteiger partial charge in [0.25, 0.3) is 0 Å². The Morgan fingerprint density at radius 1 is 1.04 bits per heavy atom. The molecule has 6 heteroatoms. The van der Waals surface area contributed by atoms with Gasteiger partial charge in [0.05, 0.1) is 0 Å². The van der Waals surface area contributed by atoms with Crippen molar-refractivity contribution in [2.45, 2.75) is 64.0 Å². The first-order valence-corrected chi connectivity index (χ1v) is 10.0. The zero-order valence-corrected chi connectivity index (χ0v) is 15.5. The predicted molar refractivity (Wildman–Crippen MR) is 96.2 cm³/mol. The Balaban J connectivity index is 1.51. The second-order valence-corrected chi connectivity index (χ2v) is 7.74. The van der Waals surface area contributed by atoms with Crippen LogP contribution < -0.4 is 5.32 Å². The molecule has 0 aromatic rings. The quantitative estimate of drug-likeness (QED) is 0.786. The Bertz CT molecular complexity index is 453. The fraction of sp³-hybridized carbons (Fsp3) is 0.895. The van der Waals surface area contributed by atoms with Crippen LogP contribution in [-0.4, -0.2) is 73.1 Å². The minimum absolute atomic E-state index is 0.184. The van der Waals surface area contributed by atoms with Gasteiger partial charge in [-0.05, 0) is 38.5 Å². The van der Waals surface area contributed by atoms with Crippen LogP contribution in [0, 0.1) is 5.92 Å². The van der Waals surface area contributed by atoms with Crippen molar-refractivity contribution in [3.63, 3.8) is 0 Å². The van der Waals surface area contributed by atoms with E-state index in [2.05, 4.69) is 10.2 Å². The number of likely N-dealkylation sites (tertiary alicyclic amines) is 1. The molecule has 2 heterocycles. The van der Waals surface area contributed by atoms with Gasteiger partial charge in [-0.3, -0.25) is 14.5 Å². The number of rotatable bonds is 6. The number of nitrogens with zero attached hydrogens (tertiary/aromatic N) is 2. The molecule has 1 N–H and O–H groups in total. The van der Waals surface area contributed by atoms with Crippen molar-refractivity contribution in [1.82, 2.24) is 15.1 Å². The Morgan fingerprint density at radius 2 is 1.68 bits per heavy atom. The molecule has 3 fully saturated rings. The van der Waals surface area contributed by atoms with Crippen molar-refractivity contribution in [2.24, 2.45) is 5.92 Å². The highest BCUT2D eigenvalue weighted by atomic mass is 16.5. The van der Waals surface area contributed by atoms with Gasteiger partial charge in [-0.15, -0.1) is 0 Å². The summed E-state index contributed by atoms with van der Waals surface area (Å²) in [5, 5.41) is 3.14. The summed E-state index contributed by atoms with van der Waals surface area (Å²) in [5.41, 5.74) is 0. The molecular weight excluding hydrogens is 318 g/mol. The molecule has 0 atom stereocenters. The summed E-state index contributed by atoms with van der Waals surface area (Å²) in [6, 6.07) is 1.06. The molecular formula is C19H33N3O3. The highest BCUT2D eigenvalue weighted by Crippen LogP contribution is 2.26. The monoisotopic (exact) mass is 351 g/mol. The van der Waals surface area contributed by atoms with Gasteiger partial charge in [0.1, 0.15) is 0 Å². The van der Waals surface area contributed by atoms with Crippen LogP contribution in [0.5, 0.6) is 0 Å². The van der Waals surface area contributed by atoms with Gasteiger partial charge >= 0.3 is 0 Å². The van der Waals surface area contributed by atoms with Gasteiger partial charge < -0.3 is 15.0 Å². The van der Waals surface area contributed by atoms with Crippen LogP contribution in [-0.2, 0) is 14.3 Å². The van der Waals surface area contributed by atoms with E-state index in [0.717, 1.165) is 77.9 Å².